The van der Waals surface area contributed by atoms with Crippen LogP contribution < -0.4 is 0 Å². The van der Waals surface area contributed by atoms with Crippen molar-refractivity contribution in [2.45, 2.75) is 65.0 Å². The van der Waals surface area contributed by atoms with Crippen molar-refractivity contribution in [1.82, 2.24) is 19.7 Å². The molecule has 1 saturated heterocycles. The molecule has 0 bridgehead atoms. The second-order valence-electron chi connectivity index (χ2n) is 7.75. The minimum atomic E-state index is -0.430. The van der Waals surface area contributed by atoms with E-state index in [2.05, 4.69) is 26.9 Å². The van der Waals surface area contributed by atoms with Gasteiger partial charge in [0.15, 0.2) is 5.82 Å². The minimum absolute atomic E-state index is 0.198. The van der Waals surface area contributed by atoms with Crippen LogP contribution in [-0.2, 0) is 17.7 Å². The highest BCUT2D eigenvalue weighted by Gasteiger charge is 2.26. The van der Waals surface area contributed by atoms with Crippen LogP contribution in [0.3, 0.4) is 0 Å². The third-order valence-corrected chi connectivity index (χ3v) is 4.60. The van der Waals surface area contributed by atoms with Crippen molar-refractivity contribution < 1.29 is 9.53 Å². The Bertz CT molecular complexity index is 607. The third-order valence-electron chi connectivity index (χ3n) is 4.60. The number of aromatic nitrogens is 3. The normalized spacial score (nSPS) is 19.5. The molecule has 0 spiro atoms. The Morgan fingerprint density at radius 1 is 1.17 bits per heavy atom. The first kappa shape index (κ1) is 17.0. The smallest absolute Gasteiger partial charge is 0.410 e. The highest BCUT2D eigenvalue weighted by molar-refractivity contribution is 5.68. The Kier molecular flexibility index (Phi) is 4.92. The number of amides is 1. The fourth-order valence-electron chi connectivity index (χ4n) is 3.28. The summed E-state index contributed by atoms with van der Waals surface area (Å²) < 4.78 is 7.67. The van der Waals surface area contributed by atoms with E-state index < -0.39 is 5.60 Å². The molecule has 0 saturated carbocycles. The molecular weight excluding hydrogens is 304 g/mol. The van der Waals surface area contributed by atoms with Gasteiger partial charge in [0, 0.05) is 26.1 Å². The van der Waals surface area contributed by atoms with Crippen molar-refractivity contribution in [2.75, 3.05) is 13.1 Å². The summed E-state index contributed by atoms with van der Waals surface area (Å²) in [5, 5.41) is 8.59. The SMILES string of the molecule is CC(C)(C)OC(=O)N1CCC(/C=C/c2nnc3n2CCCC3)CC1. The Labute approximate surface area is 143 Å². The van der Waals surface area contributed by atoms with Crippen LogP contribution in [0.4, 0.5) is 4.79 Å². The van der Waals surface area contributed by atoms with Crippen LogP contribution in [0.5, 0.6) is 0 Å². The van der Waals surface area contributed by atoms with Crippen LogP contribution in [0.25, 0.3) is 6.08 Å². The van der Waals surface area contributed by atoms with Crippen molar-refractivity contribution in [3.63, 3.8) is 0 Å². The van der Waals surface area contributed by atoms with Crippen molar-refractivity contribution in [2.24, 2.45) is 5.92 Å². The molecule has 132 valence electrons. The number of carbonyl (C=O) groups is 1. The van der Waals surface area contributed by atoms with E-state index in [4.69, 9.17) is 4.74 Å². The fourth-order valence-corrected chi connectivity index (χ4v) is 3.28. The van der Waals surface area contributed by atoms with Crippen molar-refractivity contribution >= 4 is 12.2 Å². The number of ether oxygens (including phenoxy) is 1. The number of rotatable bonds is 2. The zero-order valence-corrected chi connectivity index (χ0v) is 15.0. The van der Waals surface area contributed by atoms with Crippen LogP contribution in [0.1, 0.15) is 58.1 Å². The van der Waals surface area contributed by atoms with Crippen molar-refractivity contribution in [3.8, 4) is 0 Å². The summed E-state index contributed by atoms with van der Waals surface area (Å²) in [5.74, 6) is 2.57. The molecular formula is C18H28N4O2. The lowest BCUT2D eigenvalue weighted by atomic mass is 9.96. The van der Waals surface area contributed by atoms with Crippen LogP contribution in [0.2, 0.25) is 0 Å². The van der Waals surface area contributed by atoms with Crippen LogP contribution in [0, 0.1) is 5.92 Å². The molecule has 24 heavy (non-hydrogen) atoms. The van der Waals surface area contributed by atoms with Crippen LogP contribution in [-0.4, -0.2) is 44.4 Å². The standard InChI is InChI=1S/C18H28N4O2/c1-18(2,3)24-17(23)21-12-9-14(10-13-21)7-8-16-20-19-15-6-4-5-11-22(15)16/h7-8,14H,4-6,9-13H2,1-3H3/b8-7+. The van der Waals surface area contributed by atoms with Gasteiger partial charge in [-0.1, -0.05) is 6.08 Å². The number of piperidine rings is 1. The Balaban J connectivity index is 1.52. The summed E-state index contributed by atoms with van der Waals surface area (Å²) in [4.78, 5) is 13.9. The summed E-state index contributed by atoms with van der Waals surface area (Å²) in [6.45, 7) is 8.24. The van der Waals surface area contributed by atoms with E-state index in [1.54, 1.807) is 0 Å². The number of hydrogen-bond donors (Lipinski definition) is 0. The summed E-state index contributed by atoms with van der Waals surface area (Å²) in [6.07, 6.45) is 9.54. The first-order valence-corrected chi connectivity index (χ1v) is 9.00. The summed E-state index contributed by atoms with van der Waals surface area (Å²) in [5.41, 5.74) is -0.430. The van der Waals surface area contributed by atoms with Gasteiger partial charge in [-0.3, -0.25) is 0 Å². The molecule has 1 aromatic rings. The molecule has 0 N–H and O–H groups in total. The molecule has 3 heterocycles. The van der Waals surface area contributed by atoms with Gasteiger partial charge in [-0.15, -0.1) is 10.2 Å². The van der Waals surface area contributed by atoms with Crippen molar-refractivity contribution in [3.05, 3.63) is 17.7 Å². The van der Waals surface area contributed by atoms with Gasteiger partial charge >= 0.3 is 6.09 Å². The predicted octanol–water partition coefficient (Wildman–Crippen LogP) is 3.27. The zero-order valence-electron chi connectivity index (χ0n) is 15.0. The predicted molar refractivity (Wildman–Crippen MR) is 92.5 cm³/mol. The van der Waals surface area contributed by atoms with E-state index >= 15 is 0 Å². The van der Waals surface area contributed by atoms with Gasteiger partial charge in [-0.25, -0.2) is 4.79 Å². The topological polar surface area (TPSA) is 60.2 Å². The van der Waals surface area contributed by atoms with E-state index in [9.17, 15) is 4.79 Å². The number of fused-ring (bicyclic) bond motifs is 1. The molecule has 2 aliphatic heterocycles. The Hall–Kier alpha value is -1.85. The number of likely N-dealkylation sites (tertiary alicyclic amines) is 1. The molecule has 0 radical (unpaired) electrons. The lowest BCUT2D eigenvalue weighted by Crippen LogP contribution is -2.41. The Morgan fingerprint density at radius 3 is 2.62 bits per heavy atom. The highest BCUT2D eigenvalue weighted by Crippen LogP contribution is 2.22. The van der Waals surface area contributed by atoms with Gasteiger partial charge in [0.1, 0.15) is 11.4 Å². The Morgan fingerprint density at radius 2 is 1.92 bits per heavy atom. The first-order valence-electron chi connectivity index (χ1n) is 9.00. The average Bonchev–Trinajstić information content (AvgIpc) is 2.95. The van der Waals surface area contributed by atoms with E-state index in [1.807, 2.05) is 25.7 Å². The largest absolute Gasteiger partial charge is 0.444 e. The second kappa shape index (κ2) is 6.95. The maximum Gasteiger partial charge on any atom is 0.410 e. The molecule has 3 rings (SSSR count). The molecule has 1 fully saturated rings. The first-order chi connectivity index (χ1) is 11.4. The third kappa shape index (κ3) is 4.16. The summed E-state index contributed by atoms with van der Waals surface area (Å²) >= 11 is 0. The van der Waals surface area contributed by atoms with Gasteiger partial charge < -0.3 is 14.2 Å². The average molecular weight is 332 g/mol. The van der Waals surface area contributed by atoms with Crippen LogP contribution in [0.15, 0.2) is 6.08 Å². The molecule has 2 aliphatic rings. The van der Waals surface area contributed by atoms with E-state index in [1.165, 1.54) is 12.8 Å². The number of hydrogen-bond acceptors (Lipinski definition) is 4. The van der Waals surface area contributed by atoms with E-state index in [0.29, 0.717) is 5.92 Å². The monoisotopic (exact) mass is 332 g/mol. The molecule has 6 nitrogen and oxygen atoms in total. The second-order valence-corrected chi connectivity index (χ2v) is 7.75. The van der Waals surface area contributed by atoms with Crippen molar-refractivity contribution in [1.29, 1.82) is 0 Å². The quantitative estimate of drug-likeness (QED) is 0.834. The molecule has 1 amide bonds. The van der Waals surface area contributed by atoms with Gasteiger partial charge in [0.05, 0.1) is 0 Å². The molecule has 6 heteroatoms. The van der Waals surface area contributed by atoms with Gasteiger partial charge in [-0.2, -0.15) is 0 Å². The summed E-state index contributed by atoms with van der Waals surface area (Å²) in [7, 11) is 0. The maximum absolute atomic E-state index is 12.1. The minimum Gasteiger partial charge on any atom is -0.444 e. The van der Waals surface area contributed by atoms with E-state index in [-0.39, 0.29) is 6.09 Å². The van der Waals surface area contributed by atoms with E-state index in [0.717, 1.165) is 50.5 Å². The number of allylic oxidation sites excluding steroid dienone is 1. The van der Waals surface area contributed by atoms with Gasteiger partial charge in [0.25, 0.3) is 0 Å². The maximum atomic E-state index is 12.1. The molecule has 1 aromatic heterocycles. The lowest BCUT2D eigenvalue weighted by Gasteiger charge is -2.32. The summed E-state index contributed by atoms with van der Waals surface area (Å²) in [6, 6.07) is 0. The lowest BCUT2D eigenvalue weighted by molar-refractivity contribution is 0.0197. The highest BCUT2D eigenvalue weighted by atomic mass is 16.6. The zero-order chi connectivity index (χ0) is 17.2. The molecule has 0 atom stereocenters. The number of nitrogens with zero attached hydrogens (tertiary/aromatic N) is 4. The van der Waals surface area contributed by atoms with Gasteiger partial charge in [0.2, 0.25) is 0 Å². The number of carbonyl (C=O) groups excluding carboxylic acids is 1. The number of aryl methyl sites for hydroxylation is 1. The van der Waals surface area contributed by atoms with Gasteiger partial charge in [-0.05, 0) is 58.4 Å². The molecule has 0 aliphatic carbocycles. The molecule has 0 unspecified atom stereocenters. The molecule has 0 aromatic carbocycles. The van der Waals surface area contributed by atoms with Crippen LogP contribution >= 0.6 is 0 Å². The fraction of sp³-hybridized carbons (Fsp3) is 0.722.